The number of nitrogens with zero attached hydrogens (tertiary/aromatic N) is 1. The van der Waals surface area contributed by atoms with Crippen molar-refractivity contribution in [3.05, 3.63) is 11.6 Å². The number of aliphatic hydroxyl groups excluding tert-OH is 1. The number of piperazine rings is 1. The lowest BCUT2D eigenvalue weighted by Gasteiger charge is -2.31. The number of carbonyl (C=O) groups excluding carboxylic acids is 1. The Kier molecular flexibility index (Phi) is 4.21. The molecule has 0 radical (unpaired) electrons. The smallest absolute Gasteiger partial charge is 0.234 e. The summed E-state index contributed by atoms with van der Waals surface area (Å²) in [6, 6.07) is -0.148. The molecule has 0 spiro atoms. The van der Waals surface area contributed by atoms with Crippen LogP contribution in [0.25, 0.3) is 0 Å². The van der Waals surface area contributed by atoms with E-state index in [1.165, 1.54) is 5.54 Å². The van der Waals surface area contributed by atoms with E-state index in [2.05, 4.69) is 5.32 Å². The number of aliphatic hydroxyl groups is 1. The third-order valence-corrected chi connectivity index (χ3v) is 2.06. The summed E-state index contributed by atoms with van der Waals surface area (Å²) in [6.07, 6.45) is 1.77. The Balaban J connectivity index is 2.42. The summed E-state index contributed by atoms with van der Waals surface area (Å²) in [5, 5.41) is 11.6. The van der Waals surface area contributed by atoms with Crippen molar-refractivity contribution >= 4 is 17.5 Å². The Hall–Kier alpha value is -0.580. The molecule has 1 fully saturated rings. The average Bonchev–Trinajstić information content (AvgIpc) is 2.14. The van der Waals surface area contributed by atoms with Gasteiger partial charge in [-0.3, -0.25) is 9.69 Å². The van der Waals surface area contributed by atoms with Gasteiger partial charge in [0.25, 0.3) is 0 Å². The molecule has 13 heavy (non-hydrogen) atoms. The Labute approximate surface area is 82.2 Å². The molecule has 1 atom stereocenters. The van der Waals surface area contributed by atoms with Crippen molar-refractivity contribution in [3.63, 3.8) is 0 Å². The summed E-state index contributed by atoms with van der Waals surface area (Å²) in [5.74, 6) is -0.0479. The Morgan fingerprint density at radius 1 is 1.77 bits per heavy atom. The molecule has 2 N–H and O–H groups in total. The molecule has 0 saturated carbocycles. The van der Waals surface area contributed by atoms with Gasteiger partial charge in [0.05, 0.1) is 19.2 Å². The maximum Gasteiger partial charge on any atom is 0.234 e. The molecular formula is C8H13ClN2O2. The molecule has 5 heteroatoms. The van der Waals surface area contributed by atoms with Gasteiger partial charge in [0.2, 0.25) is 5.91 Å². The van der Waals surface area contributed by atoms with Crippen molar-refractivity contribution in [1.82, 2.24) is 10.2 Å². The van der Waals surface area contributed by atoms with E-state index >= 15 is 0 Å². The van der Waals surface area contributed by atoms with Gasteiger partial charge in [-0.05, 0) is 0 Å². The lowest BCUT2D eigenvalue weighted by molar-refractivity contribution is -0.125. The third-order valence-electron chi connectivity index (χ3n) is 1.88. The lowest BCUT2D eigenvalue weighted by Crippen LogP contribution is -2.55. The monoisotopic (exact) mass is 204 g/mol. The van der Waals surface area contributed by atoms with E-state index in [1.807, 2.05) is 4.90 Å². The fourth-order valence-electron chi connectivity index (χ4n) is 1.33. The number of nitrogens with one attached hydrogen (secondary N) is 1. The third kappa shape index (κ3) is 3.34. The van der Waals surface area contributed by atoms with Gasteiger partial charge in [-0.15, -0.1) is 0 Å². The van der Waals surface area contributed by atoms with Gasteiger partial charge in [-0.25, -0.2) is 0 Å². The highest BCUT2D eigenvalue weighted by Crippen LogP contribution is 1.99. The molecular weight excluding hydrogens is 192 g/mol. The first kappa shape index (κ1) is 10.5. The van der Waals surface area contributed by atoms with Gasteiger partial charge in [0.15, 0.2) is 0 Å². The van der Waals surface area contributed by atoms with Crippen LogP contribution in [0.1, 0.15) is 0 Å². The summed E-state index contributed by atoms with van der Waals surface area (Å²) < 4.78 is 0. The van der Waals surface area contributed by atoms with E-state index in [4.69, 9.17) is 16.7 Å². The minimum absolute atomic E-state index is 0.0210. The maximum absolute atomic E-state index is 11.1. The van der Waals surface area contributed by atoms with Crippen LogP contribution < -0.4 is 5.32 Å². The van der Waals surface area contributed by atoms with Crippen molar-refractivity contribution in [2.45, 2.75) is 6.04 Å². The molecule has 0 aliphatic carbocycles. The number of rotatable bonds is 3. The molecule has 0 aromatic heterocycles. The summed E-state index contributed by atoms with van der Waals surface area (Å²) in [4.78, 5) is 13.0. The highest BCUT2D eigenvalue weighted by Gasteiger charge is 2.22. The molecule has 1 aliphatic rings. The Morgan fingerprint density at radius 2 is 2.54 bits per heavy atom. The van der Waals surface area contributed by atoms with E-state index in [9.17, 15) is 4.79 Å². The molecule has 1 heterocycles. The molecule has 1 amide bonds. The van der Waals surface area contributed by atoms with Crippen molar-refractivity contribution in [3.8, 4) is 0 Å². The maximum atomic E-state index is 11.1. The van der Waals surface area contributed by atoms with E-state index < -0.39 is 0 Å². The summed E-state index contributed by atoms with van der Waals surface area (Å²) in [7, 11) is 0. The molecule has 0 bridgehead atoms. The second-order valence-electron chi connectivity index (χ2n) is 3.00. The van der Waals surface area contributed by atoms with Crippen LogP contribution >= 0.6 is 11.6 Å². The fraction of sp³-hybridized carbons (Fsp3) is 0.625. The summed E-state index contributed by atoms with van der Waals surface area (Å²) >= 11 is 5.37. The zero-order chi connectivity index (χ0) is 9.68. The average molecular weight is 205 g/mol. The van der Waals surface area contributed by atoms with E-state index in [1.54, 1.807) is 6.08 Å². The number of hydrogen-bond acceptors (Lipinski definition) is 3. The minimum Gasteiger partial charge on any atom is -0.394 e. The Bertz CT molecular complexity index is 208. The van der Waals surface area contributed by atoms with Gasteiger partial charge in [0.1, 0.15) is 0 Å². The van der Waals surface area contributed by atoms with Crippen LogP contribution in [0.15, 0.2) is 11.6 Å². The van der Waals surface area contributed by atoms with Crippen molar-refractivity contribution < 1.29 is 9.90 Å². The molecule has 1 rings (SSSR count). The quantitative estimate of drug-likeness (QED) is 0.654. The van der Waals surface area contributed by atoms with Crippen LogP contribution in [-0.4, -0.2) is 48.2 Å². The van der Waals surface area contributed by atoms with Crippen molar-refractivity contribution in [2.75, 3.05) is 26.2 Å². The molecule has 74 valence electrons. The van der Waals surface area contributed by atoms with Gasteiger partial charge in [-0.1, -0.05) is 17.7 Å². The van der Waals surface area contributed by atoms with Crippen LogP contribution in [0.4, 0.5) is 0 Å². The van der Waals surface area contributed by atoms with Crippen LogP contribution in [0, 0.1) is 0 Å². The number of halogens is 1. The predicted octanol–water partition coefficient (Wildman–Crippen LogP) is -0.468. The van der Waals surface area contributed by atoms with Gasteiger partial charge < -0.3 is 10.4 Å². The first-order chi connectivity index (χ1) is 6.26. The number of amides is 1. The van der Waals surface area contributed by atoms with Crippen molar-refractivity contribution in [2.24, 2.45) is 0 Å². The molecule has 1 saturated heterocycles. The standard InChI is InChI=1S/C8H13ClN2O2/c9-2-1-3-11-4-7(6-12)10-8(13)5-11/h1-2,7,12H,3-6H2,(H,10,13)/b2-1+/t7-/m0/s1. The zero-order valence-electron chi connectivity index (χ0n) is 7.24. The molecule has 4 nitrogen and oxygen atoms in total. The fourth-order valence-corrected chi connectivity index (χ4v) is 1.41. The van der Waals surface area contributed by atoms with E-state index in [0.29, 0.717) is 19.6 Å². The Morgan fingerprint density at radius 3 is 3.15 bits per heavy atom. The largest absolute Gasteiger partial charge is 0.394 e. The molecule has 0 aromatic carbocycles. The van der Waals surface area contributed by atoms with Crippen LogP contribution in [0.2, 0.25) is 0 Å². The van der Waals surface area contributed by atoms with Crippen LogP contribution in [0.3, 0.4) is 0 Å². The van der Waals surface area contributed by atoms with E-state index in [0.717, 1.165) is 0 Å². The van der Waals surface area contributed by atoms with Gasteiger partial charge in [-0.2, -0.15) is 0 Å². The van der Waals surface area contributed by atoms with Crippen LogP contribution in [0.5, 0.6) is 0 Å². The van der Waals surface area contributed by atoms with E-state index in [-0.39, 0.29) is 18.6 Å². The predicted molar refractivity (Wildman–Crippen MR) is 50.4 cm³/mol. The first-order valence-corrected chi connectivity index (χ1v) is 4.57. The highest BCUT2D eigenvalue weighted by molar-refractivity contribution is 6.25. The van der Waals surface area contributed by atoms with Gasteiger partial charge >= 0.3 is 0 Å². The van der Waals surface area contributed by atoms with Gasteiger partial charge in [0, 0.05) is 18.6 Å². The lowest BCUT2D eigenvalue weighted by atomic mass is 10.2. The molecule has 0 aromatic rings. The SMILES string of the molecule is O=C1CN(C/C=C/Cl)C[C@@H](CO)N1. The zero-order valence-corrected chi connectivity index (χ0v) is 8.00. The first-order valence-electron chi connectivity index (χ1n) is 4.14. The minimum atomic E-state index is -0.148. The number of hydrogen-bond donors (Lipinski definition) is 2. The second-order valence-corrected chi connectivity index (χ2v) is 3.25. The normalized spacial score (nSPS) is 25.1. The highest BCUT2D eigenvalue weighted by atomic mass is 35.5. The topological polar surface area (TPSA) is 52.6 Å². The van der Waals surface area contributed by atoms with Crippen molar-refractivity contribution in [1.29, 1.82) is 0 Å². The second kappa shape index (κ2) is 5.21. The molecule has 1 aliphatic heterocycles. The van der Waals surface area contributed by atoms with Crippen LogP contribution in [-0.2, 0) is 4.79 Å². The number of carbonyl (C=O) groups is 1. The molecule has 0 unspecified atom stereocenters. The summed E-state index contributed by atoms with van der Waals surface area (Å²) in [6.45, 7) is 1.67. The summed E-state index contributed by atoms with van der Waals surface area (Å²) in [5.41, 5.74) is 1.43.